The lowest BCUT2D eigenvalue weighted by molar-refractivity contribution is -0.143. The van der Waals surface area contributed by atoms with Crippen LogP contribution in [0.4, 0.5) is 0 Å². The molecule has 5 heteroatoms. The molecule has 118 valence electrons. The maximum absolute atomic E-state index is 12.6. The fraction of sp³-hybridized carbons (Fsp3) is 0.412. The quantitative estimate of drug-likeness (QED) is 0.863. The Kier molecular flexibility index (Phi) is 4.85. The first-order valence-electron chi connectivity index (χ1n) is 7.36. The summed E-state index contributed by atoms with van der Waals surface area (Å²) < 4.78 is 6.69. The molecule has 2 rings (SSSR count). The van der Waals surface area contributed by atoms with E-state index in [1.165, 1.54) is 7.11 Å². The fourth-order valence-corrected chi connectivity index (χ4v) is 2.59. The standard InChI is InChI=1S/C17H22N2O3/c1-11(2)9-14(17(21)22-4)18-16(20)13-10-19(3)15-8-6-5-7-12(13)15/h5-8,10-11,14H,9H2,1-4H3,(H,18,20)/t14-/m0/s1. The SMILES string of the molecule is COC(=O)[C@H](CC(C)C)NC(=O)c1cn(C)c2ccccc12. The van der Waals surface area contributed by atoms with Crippen LogP contribution in [0.15, 0.2) is 30.5 Å². The maximum atomic E-state index is 12.6. The summed E-state index contributed by atoms with van der Waals surface area (Å²) in [5, 5.41) is 3.66. The topological polar surface area (TPSA) is 60.3 Å². The summed E-state index contributed by atoms with van der Waals surface area (Å²) in [6, 6.07) is 7.06. The number of hydrogen-bond acceptors (Lipinski definition) is 3. The third-order valence-electron chi connectivity index (χ3n) is 3.64. The van der Waals surface area contributed by atoms with Crippen LogP contribution in [0, 0.1) is 5.92 Å². The number of rotatable bonds is 5. The van der Waals surface area contributed by atoms with Crippen LogP contribution in [-0.2, 0) is 16.6 Å². The third kappa shape index (κ3) is 3.30. The summed E-state index contributed by atoms with van der Waals surface area (Å²) in [4.78, 5) is 24.4. The molecule has 0 aliphatic heterocycles. The Hall–Kier alpha value is -2.30. The van der Waals surface area contributed by atoms with Crippen LogP contribution < -0.4 is 5.32 Å². The van der Waals surface area contributed by atoms with Gasteiger partial charge in [0.1, 0.15) is 6.04 Å². The minimum atomic E-state index is -0.628. The highest BCUT2D eigenvalue weighted by molar-refractivity contribution is 6.07. The predicted molar refractivity (Wildman–Crippen MR) is 85.6 cm³/mol. The van der Waals surface area contributed by atoms with Gasteiger partial charge in [-0.05, 0) is 18.4 Å². The summed E-state index contributed by atoms with van der Waals surface area (Å²) in [5.41, 5.74) is 1.54. The molecule has 0 saturated carbocycles. The second-order valence-electron chi connectivity index (χ2n) is 5.85. The summed E-state index contributed by atoms with van der Waals surface area (Å²) in [7, 11) is 3.23. The van der Waals surface area contributed by atoms with Gasteiger partial charge in [-0.3, -0.25) is 4.79 Å². The molecule has 1 heterocycles. The minimum Gasteiger partial charge on any atom is -0.467 e. The number of esters is 1. The Morgan fingerprint density at radius 3 is 2.59 bits per heavy atom. The average Bonchev–Trinajstić information content (AvgIpc) is 2.83. The van der Waals surface area contributed by atoms with E-state index in [-0.39, 0.29) is 11.8 Å². The maximum Gasteiger partial charge on any atom is 0.328 e. The van der Waals surface area contributed by atoms with Gasteiger partial charge < -0.3 is 14.6 Å². The molecule has 0 radical (unpaired) electrons. The van der Waals surface area contributed by atoms with Gasteiger partial charge in [0.05, 0.1) is 12.7 Å². The van der Waals surface area contributed by atoms with Crippen molar-refractivity contribution in [1.82, 2.24) is 9.88 Å². The molecule has 1 N–H and O–H groups in total. The molecular formula is C17H22N2O3. The van der Waals surface area contributed by atoms with E-state index in [4.69, 9.17) is 4.74 Å². The lowest BCUT2D eigenvalue weighted by Gasteiger charge is -2.18. The van der Waals surface area contributed by atoms with Crippen LogP contribution in [0.3, 0.4) is 0 Å². The number of para-hydroxylation sites is 1. The summed E-state index contributed by atoms with van der Waals surface area (Å²) in [6.07, 6.45) is 2.33. The van der Waals surface area contributed by atoms with E-state index in [2.05, 4.69) is 5.32 Å². The second-order valence-corrected chi connectivity index (χ2v) is 5.85. The van der Waals surface area contributed by atoms with Crippen LogP contribution in [0.5, 0.6) is 0 Å². The van der Waals surface area contributed by atoms with E-state index in [0.29, 0.717) is 12.0 Å². The fourth-order valence-electron chi connectivity index (χ4n) is 2.59. The Labute approximate surface area is 130 Å². The molecule has 1 atom stereocenters. The number of aryl methyl sites for hydroxylation is 1. The van der Waals surface area contributed by atoms with Crippen LogP contribution in [0.2, 0.25) is 0 Å². The molecule has 0 spiro atoms. The molecule has 0 unspecified atom stereocenters. The van der Waals surface area contributed by atoms with Crippen molar-refractivity contribution >= 4 is 22.8 Å². The van der Waals surface area contributed by atoms with Crippen LogP contribution in [0.25, 0.3) is 10.9 Å². The van der Waals surface area contributed by atoms with Crippen molar-refractivity contribution < 1.29 is 14.3 Å². The molecule has 2 aromatic rings. The number of nitrogens with one attached hydrogen (secondary N) is 1. The van der Waals surface area contributed by atoms with E-state index in [0.717, 1.165) is 10.9 Å². The molecule has 1 aromatic heterocycles. The predicted octanol–water partition coefficient (Wildman–Crippen LogP) is 2.50. The van der Waals surface area contributed by atoms with Crippen molar-refractivity contribution in [3.05, 3.63) is 36.0 Å². The lowest BCUT2D eigenvalue weighted by Crippen LogP contribution is -2.42. The van der Waals surface area contributed by atoms with Gasteiger partial charge in [-0.1, -0.05) is 32.0 Å². The van der Waals surface area contributed by atoms with E-state index in [9.17, 15) is 9.59 Å². The van der Waals surface area contributed by atoms with Gasteiger partial charge in [0.2, 0.25) is 0 Å². The number of nitrogens with zero attached hydrogens (tertiary/aromatic N) is 1. The zero-order valence-corrected chi connectivity index (χ0v) is 13.4. The Morgan fingerprint density at radius 1 is 1.27 bits per heavy atom. The normalized spacial score (nSPS) is 12.4. The highest BCUT2D eigenvalue weighted by Gasteiger charge is 2.24. The largest absolute Gasteiger partial charge is 0.467 e. The average molecular weight is 302 g/mol. The zero-order valence-electron chi connectivity index (χ0n) is 13.4. The van der Waals surface area contributed by atoms with Gasteiger partial charge in [-0.25, -0.2) is 4.79 Å². The molecule has 0 aliphatic carbocycles. The van der Waals surface area contributed by atoms with E-state index in [1.807, 2.05) is 49.7 Å². The molecule has 1 aromatic carbocycles. The molecule has 0 saturated heterocycles. The third-order valence-corrected chi connectivity index (χ3v) is 3.64. The molecule has 0 fully saturated rings. The molecule has 5 nitrogen and oxygen atoms in total. The van der Waals surface area contributed by atoms with Gasteiger partial charge in [-0.2, -0.15) is 0 Å². The summed E-state index contributed by atoms with van der Waals surface area (Å²) in [6.45, 7) is 4.00. The minimum absolute atomic E-state index is 0.257. The Balaban J connectivity index is 2.27. The first-order valence-corrected chi connectivity index (χ1v) is 7.36. The van der Waals surface area contributed by atoms with Crippen molar-refractivity contribution in [2.24, 2.45) is 13.0 Å². The first kappa shape index (κ1) is 16.1. The van der Waals surface area contributed by atoms with E-state index < -0.39 is 12.0 Å². The van der Waals surface area contributed by atoms with Gasteiger partial charge in [0, 0.05) is 24.1 Å². The van der Waals surface area contributed by atoms with E-state index in [1.54, 1.807) is 6.20 Å². The molecule has 0 aliphatic rings. The van der Waals surface area contributed by atoms with Gasteiger partial charge >= 0.3 is 5.97 Å². The van der Waals surface area contributed by atoms with Gasteiger partial charge in [-0.15, -0.1) is 0 Å². The number of benzene rings is 1. The molecule has 22 heavy (non-hydrogen) atoms. The van der Waals surface area contributed by atoms with Crippen LogP contribution >= 0.6 is 0 Å². The highest BCUT2D eigenvalue weighted by Crippen LogP contribution is 2.20. The number of methoxy groups -OCH3 is 1. The van der Waals surface area contributed by atoms with Gasteiger partial charge in [0.25, 0.3) is 5.91 Å². The van der Waals surface area contributed by atoms with Crippen LogP contribution in [0.1, 0.15) is 30.6 Å². The smallest absolute Gasteiger partial charge is 0.328 e. The first-order chi connectivity index (χ1) is 10.4. The Morgan fingerprint density at radius 2 is 1.95 bits per heavy atom. The van der Waals surface area contributed by atoms with Crippen molar-refractivity contribution in [1.29, 1.82) is 0 Å². The number of aromatic nitrogens is 1. The highest BCUT2D eigenvalue weighted by atomic mass is 16.5. The molecular weight excluding hydrogens is 280 g/mol. The van der Waals surface area contributed by atoms with Crippen molar-refractivity contribution in [2.75, 3.05) is 7.11 Å². The number of hydrogen-bond donors (Lipinski definition) is 1. The summed E-state index contributed by atoms with van der Waals surface area (Å²) in [5.74, 6) is -0.396. The van der Waals surface area contributed by atoms with Crippen molar-refractivity contribution in [2.45, 2.75) is 26.3 Å². The monoisotopic (exact) mass is 302 g/mol. The van der Waals surface area contributed by atoms with Crippen molar-refractivity contribution in [3.63, 3.8) is 0 Å². The van der Waals surface area contributed by atoms with Crippen molar-refractivity contribution in [3.8, 4) is 0 Å². The number of carbonyl (C=O) groups is 2. The number of amides is 1. The summed E-state index contributed by atoms with van der Waals surface area (Å²) >= 11 is 0. The number of ether oxygens (including phenoxy) is 1. The van der Waals surface area contributed by atoms with E-state index >= 15 is 0 Å². The Bertz CT molecular complexity index is 688. The lowest BCUT2D eigenvalue weighted by atomic mass is 10.0. The molecule has 0 bridgehead atoms. The second kappa shape index (κ2) is 6.64. The number of carbonyl (C=O) groups excluding carboxylic acids is 2. The van der Waals surface area contributed by atoms with Crippen LogP contribution in [-0.4, -0.2) is 29.6 Å². The number of fused-ring (bicyclic) bond motifs is 1. The molecule has 1 amide bonds. The van der Waals surface area contributed by atoms with Gasteiger partial charge in [0.15, 0.2) is 0 Å². The zero-order chi connectivity index (χ0) is 16.3.